The number of alkyl halides is 1. The topological polar surface area (TPSA) is 55.4 Å². The summed E-state index contributed by atoms with van der Waals surface area (Å²) in [7, 11) is 6.38. The highest BCUT2D eigenvalue weighted by molar-refractivity contribution is 14.1. The van der Waals surface area contributed by atoms with Crippen molar-refractivity contribution in [2.45, 2.75) is 25.7 Å². The molecule has 0 fully saturated rings. The van der Waals surface area contributed by atoms with Crippen LogP contribution in [0.1, 0.15) is 24.8 Å². The molecule has 0 unspecified atom stereocenters. The molecule has 24 heavy (non-hydrogen) atoms. The summed E-state index contributed by atoms with van der Waals surface area (Å²) in [5.74, 6) is 2.44. The number of hydrogen-bond donors (Lipinski definition) is 0. The van der Waals surface area contributed by atoms with Gasteiger partial charge in [0.15, 0.2) is 36.6 Å². The smallest absolute Gasteiger partial charge is 0.188 e. The van der Waals surface area contributed by atoms with E-state index in [4.69, 9.17) is 28.4 Å². The van der Waals surface area contributed by atoms with Gasteiger partial charge in [0.05, 0.1) is 14.2 Å². The standard InChI is InChI=1S/C17H27IO6/c1-19-11-23-15-10-14(21-3)17(24-12-20-2)13(16(15)22-4)8-6-5-7-9-18/h10H,5-9,11-12H2,1-4H3. The quantitative estimate of drug-likeness (QED) is 0.196. The van der Waals surface area contributed by atoms with Gasteiger partial charge >= 0.3 is 0 Å². The number of hydrogen-bond acceptors (Lipinski definition) is 6. The highest BCUT2D eigenvalue weighted by atomic mass is 127. The van der Waals surface area contributed by atoms with Crippen LogP contribution in [0.25, 0.3) is 0 Å². The molecule has 0 saturated carbocycles. The summed E-state index contributed by atoms with van der Waals surface area (Å²) >= 11 is 2.39. The van der Waals surface area contributed by atoms with Crippen LogP contribution in [-0.2, 0) is 15.9 Å². The number of methoxy groups -OCH3 is 4. The molecule has 0 aliphatic rings. The van der Waals surface area contributed by atoms with Gasteiger partial charge in [0.1, 0.15) is 0 Å². The third-order valence-corrected chi connectivity index (χ3v) is 4.16. The maximum Gasteiger partial charge on any atom is 0.188 e. The minimum absolute atomic E-state index is 0.131. The minimum Gasteiger partial charge on any atom is -0.493 e. The van der Waals surface area contributed by atoms with Gasteiger partial charge in [0.25, 0.3) is 0 Å². The van der Waals surface area contributed by atoms with Gasteiger partial charge in [0.2, 0.25) is 0 Å². The van der Waals surface area contributed by atoms with Gasteiger partial charge in [-0.05, 0) is 23.7 Å². The molecule has 7 heteroatoms. The first kappa shape index (κ1) is 21.1. The van der Waals surface area contributed by atoms with Gasteiger partial charge in [-0.15, -0.1) is 0 Å². The molecule has 0 amide bonds. The Morgan fingerprint density at radius 1 is 0.792 bits per heavy atom. The van der Waals surface area contributed by atoms with Gasteiger partial charge in [-0.1, -0.05) is 29.0 Å². The van der Waals surface area contributed by atoms with Crippen molar-refractivity contribution >= 4 is 22.6 Å². The fourth-order valence-electron chi connectivity index (χ4n) is 2.33. The Kier molecular flexibility index (Phi) is 10.9. The summed E-state index contributed by atoms with van der Waals surface area (Å²) in [5, 5.41) is 0. The fourth-order valence-corrected chi connectivity index (χ4v) is 2.87. The average molecular weight is 454 g/mol. The number of halogens is 1. The van der Waals surface area contributed by atoms with E-state index in [9.17, 15) is 0 Å². The second-order valence-corrected chi connectivity index (χ2v) is 6.10. The molecule has 138 valence electrons. The van der Waals surface area contributed by atoms with Gasteiger partial charge in [-0.25, -0.2) is 0 Å². The average Bonchev–Trinajstić information content (AvgIpc) is 2.61. The lowest BCUT2D eigenvalue weighted by Gasteiger charge is -2.20. The third-order valence-electron chi connectivity index (χ3n) is 3.40. The van der Waals surface area contributed by atoms with Crippen LogP contribution in [0.15, 0.2) is 6.07 Å². The lowest BCUT2D eigenvalue weighted by Crippen LogP contribution is -2.08. The number of rotatable bonds is 13. The minimum atomic E-state index is 0.131. The van der Waals surface area contributed by atoms with E-state index in [1.807, 2.05) is 0 Å². The molecule has 0 aliphatic carbocycles. The number of unbranched alkanes of at least 4 members (excludes halogenated alkanes) is 2. The molecule has 0 radical (unpaired) electrons. The Hall–Kier alpha value is -0.930. The normalized spacial score (nSPS) is 10.5. The van der Waals surface area contributed by atoms with E-state index in [-0.39, 0.29) is 13.6 Å². The van der Waals surface area contributed by atoms with Crippen LogP contribution in [0.2, 0.25) is 0 Å². The molecule has 0 saturated heterocycles. The van der Waals surface area contributed by atoms with Crippen LogP contribution in [0.4, 0.5) is 0 Å². The molecule has 1 aromatic carbocycles. The predicted molar refractivity (Wildman–Crippen MR) is 101 cm³/mol. The van der Waals surface area contributed by atoms with Gasteiger partial charge in [-0.2, -0.15) is 0 Å². The Bertz CT molecular complexity index is 481. The molecule has 0 N–H and O–H groups in total. The van der Waals surface area contributed by atoms with E-state index in [0.29, 0.717) is 23.0 Å². The molecule has 1 aromatic rings. The van der Waals surface area contributed by atoms with Gasteiger partial charge in [0, 0.05) is 25.8 Å². The van der Waals surface area contributed by atoms with Crippen molar-refractivity contribution in [3.63, 3.8) is 0 Å². The first-order chi connectivity index (χ1) is 11.7. The van der Waals surface area contributed by atoms with Crippen LogP contribution in [-0.4, -0.2) is 46.5 Å². The fraction of sp³-hybridized carbons (Fsp3) is 0.647. The molecule has 0 bridgehead atoms. The van der Waals surface area contributed by atoms with Crippen LogP contribution in [0, 0.1) is 0 Å². The van der Waals surface area contributed by atoms with Crippen molar-refractivity contribution in [1.29, 1.82) is 0 Å². The summed E-state index contributed by atoms with van der Waals surface area (Å²) in [4.78, 5) is 0. The number of ether oxygens (including phenoxy) is 6. The first-order valence-corrected chi connectivity index (χ1v) is 9.33. The Morgan fingerprint density at radius 3 is 2.08 bits per heavy atom. The zero-order chi connectivity index (χ0) is 17.8. The van der Waals surface area contributed by atoms with Crippen molar-refractivity contribution < 1.29 is 28.4 Å². The van der Waals surface area contributed by atoms with Gasteiger partial charge < -0.3 is 28.4 Å². The molecule has 6 nitrogen and oxygen atoms in total. The van der Waals surface area contributed by atoms with E-state index < -0.39 is 0 Å². The molecular weight excluding hydrogens is 427 g/mol. The van der Waals surface area contributed by atoms with Crippen LogP contribution < -0.4 is 18.9 Å². The Labute approximate surface area is 157 Å². The van der Waals surface area contributed by atoms with Crippen molar-refractivity contribution in [1.82, 2.24) is 0 Å². The van der Waals surface area contributed by atoms with Crippen molar-refractivity contribution in [2.24, 2.45) is 0 Å². The Morgan fingerprint density at radius 2 is 1.50 bits per heavy atom. The highest BCUT2D eigenvalue weighted by Gasteiger charge is 2.22. The molecule has 0 atom stereocenters. The highest BCUT2D eigenvalue weighted by Crippen LogP contribution is 2.45. The Balaban J connectivity index is 3.20. The molecule has 0 heterocycles. The van der Waals surface area contributed by atoms with Crippen molar-refractivity contribution in [3.8, 4) is 23.0 Å². The second kappa shape index (κ2) is 12.4. The summed E-state index contributed by atoms with van der Waals surface area (Å²) in [6, 6.07) is 1.75. The monoisotopic (exact) mass is 454 g/mol. The third kappa shape index (κ3) is 6.18. The van der Waals surface area contributed by atoms with E-state index in [1.165, 1.54) is 6.42 Å². The van der Waals surface area contributed by atoms with E-state index in [2.05, 4.69) is 22.6 Å². The summed E-state index contributed by atoms with van der Waals surface area (Å²) in [6.45, 7) is 0.268. The molecule has 0 aromatic heterocycles. The maximum atomic E-state index is 5.75. The lowest BCUT2D eigenvalue weighted by molar-refractivity contribution is 0.0444. The summed E-state index contributed by atoms with van der Waals surface area (Å²) < 4.78 is 33.6. The zero-order valence-electron chi connectivity index (χ0n) is 14.9. The molecule has 0 aliphatic heterocycles. The second-order valence-electron chi connectivity index (χ2n) is 5.02. The molecular formula is C17H27IO6. The molecule has 0 spiro atoms. The molecule has 1 rings (SSSR count). The van der Waals surface area contributed by atoms with Crippen molar-refractivity contribution in [2.75, 3.05) is 46.5 Å². The van der Waals surface area contributed by atoms with Crippen molar-refractivity contribution in [3.05, 3.63) is 11.6 Å². The van der Waals surface area contributed by atoms with Crippen LogP contribution >= 0.6 is 22.6 Å². The first-order valence-electron chi connectivity index (χ1n) is 7.80. The predicted octanol–water partition coefficient (Wildman–Crippen LogP) is 3.82. The summed E-state index contributed by atoms with van der Waals surface area (Å²) in [5.41, 5.74) is 0.925. The van der Waals surface area contributed by atoms with Gasteiger partial charge in [-0.3, -0.25) is 0 Å². The SMILES string of the molecule is COCOc1cc(OC)c(OCOC)c(CCCCCI)c1OC. The lowest BCUT2D eigenvalue weighted by atomic mass is 10.0. The maximum absolute atomic E-state index is 5.75. The number of benzene rings is 1. The largest absolute Gasteiger partial charge is 0.493 e. The summed E-state index contributed by atoms with van der Waals surface area (Å²) in [6.07, 6.45) is 4.16. The zero-order valence-corrected chi connectivity index (χ0v) is 17.0. The van der Waals surface area contributed by atoms with Crippen LogP contribution in [0.5, 0.6) is 23.0 Å². The van der Waals surface area contributed by atoms with E-state index in [0.717, 1.165) is 29.3 Å². The van der Waals surface area contributed by atoms with E-state index >= 15 is 0 Å². The van der Waals surface area contributed by atoms with E-state index in [1.54, 1.807) is 34.5 Å². The van der Waals surface area contributed by atoms with Crippen LogP contribution in [0.3, 0.4) is 0 Å².